The van der Waals surface area contributed by atoms with Crippen LogP contribution in [0.5, 0.6) is 0 Å². The molecule has 0 saturated carbocycles. The number of rotatable bonds is 1. The standard InChI is InChI=1S/C9H6BrClN2O/c10-8-5-13(9(14)12-8)7-4-2-1-3-6(7)11/h1-5H,(H,12,14). The number of nitrogens with zero attached hydrogens (tertiary/aromatic N) is 1. The van der Waals surface area contributed by atoms with E-state index in [0.717, 1.165) is 0 Å². The molecule has 3 nitrogen and oxygen atoms in total. The Morgan fingerprint density at radius 2 is 2.07 bits per heavy atom. The molecule has 0 radical (unpaired) electrons. The van der Waals surface area contributed by atoms with Gasteiger partial charge in [-0.05, 0) is 28.1 Å². The second-order valence-corrected chi connectivity index (χ2v) is 3.99. The van der Waals surface area contributed by atoms with Crippen LogP contribution in [0.25, 0.3) is 5.69 Å². The van der Waals surface area contributed by atoms with E-state index in [4.69, 9.17) is 11.6 Å². The van der Waals surface area contributed by atoms with Crippen LogP contribution in [0.15, 0.2) is 39.9 Å². The van der Waals surface area contributed by atoms with E-state index in [-0.39, 0.29) is 5.69 Å². The Morgan fingerprint density at radius 1 is 1.36 bits per heavy atom. The van der Waals surface area contributed by atoms with Gasteiger partial charge >= 0.3 is 5.69 Å². The van der Waals surface area contributed by atoms with Gasteiger partial charge < -0.3 is 0 Å². The molecular weight excluding hydrogens is 267 g/mol. The first kappa shape index (κ1) is 9.55. The van der Waals surface area contributed by atoms with Crippen LogP contribution in [0.4, 0.5) is 0 Å². The molecule has 0 aliphatic carbocycles. The number of H-pyrrole nitrogens is 1. The quantitative estimate of drug-likeness (QED) is 0.852. The minimum absolute atomic E-state index is 0.218. The summed E-state index contributed by atoms with van der Waals surface area (Å²) in [5.74, 6) is 0. The van der Waals surface area contributed by atoms with E-state index in [2.05, 4.69) is 20.9 Å². The number of halogens is 2. The van der Waals surface area contributed by atoms with Crippen molar-refractivity contribution in [2.75, 3.05) is 0 Å². The molecule has 14 heavy (non-hydrogen) atoms. The van der Waals surface area contributed by atoms with Gasteiger partial charge in [-0.25, -0.2) is 4.79 Å². The molecule has 1 N–H and O–H groups in total. The van der Waals surface area contributed by atoms with Crippen molar-refractivity contribution in [1.82, 2.24) is 9.55 Å². The molecule has 0 unspecified atom stereocenters. The highest BCUT2D eigenvalue weighted by atomic mass is 79.9. The van der Waals surface area contributed by atoms with Crippen molar-refractivity contribution < 1.29 is 0 Å². The predicted octanol–water partition coefficient (Wildman–Crippen LogP) is 2.58. The van der Waals surface area contributed by atoms with Crippen LogP contribution < -0.4 is 5.69 Å². The second-order valence-electron chi connectivity index (χ2n) is 2.73. The Morgan fingerprint density at radius 3 is 2.64 bits per heavy atom. The first-order valence-corrected chi connectivity index (χ1v) is 5.07. The molecule has 2 aromatic rings. The molecule has 0 atom stereocenters. The maximum Gasteiger partial charge on any atom is 0.331 e. The van der Waals surface area contributed by atoms with Gasteiger partial charge in [-0.1, -0.05) is 23.7 Å². The number of imidazole rings is 1. The number of para-hydroxylation sites is 1. The monoisotopic (exact) mass is 272 g/mol. The molecule has 1 aromatic carbocycles. The van der Waals surface area contributed by atoms with Crippen molar-refractivity contribution in [2.24, 2.45) is 0 Å². The van der Waals surface area contributed by atoms with E-state index in [0.29, 0.717) is 15.3 Å². The van der Waals surface area contributed by atoms with Crippen LogP contribution in [-0.2, 0) is 0 Å². The lowest BCUT2D eigenvalue weighted by Gasteiger charge is -2.01. The van der Waals surface area contributed by atoms with Crippen LogP contribution >= 0.6 is 27.5 Å². The molecule has 0 fully saturated rings. The molecule has 72 valence electrons. The smallest absolute Gasteiger partial charge is 0.300 e. The minimum Gasteiger partial charge on any atom is -0.300 e. The molecule has 1 aromatic heterocycles. The second kappa shape index (κ2) is 3.63. The van der Waals surface area contributed by atoms with E-state index in [1.165, 1.54) is 4.57 Å². The third-order valence-electron chi connectivity index (χ3n) is 1.80. The van der Waals surface area contributed by atoms with E-state index < -0.39 is 0 Å². The van der Waals surface area contributed by atoms with E-state index in [1.807, 2.05) is 12.1 Å². The van der Waals surface area contributed by atoms with Crippen LogP contribution in [0, 0.1) is 0 Å². The first-order chi connectivity index (χ1) is 6.68. The van der Waals surface area contributed by atoms with Gasteiger partial charge in [-0.3, -0.25) is 9.55 Å². The zero-order chi connectivity index (χ0) is 10.1. The molecule has 0 amide bonds. The molecule has 0 aliphatic rings. The third kappa shape index (κ3) is 1.63. The summed E-state index contributed by atoms with van der Waals surface area (Å²) in [6.45, 7) is 0. The number of hydrogen-bond acceptors (Lipinski definition) is 1. The molecule has 0 aliphatic heterocycles. The normalized spacial score (nSPS) is 10.4. The first-order valence-electron chi connectivity index (χ1n) is 3.90. The number of aromatic nitrogens is 2. The maximum atomic E-state index is 11.4. The summed E-state index contributed by atoms with van der Waals surface area (Å²) in [5.41, 5.74) is 0.450. The van der Waals surface area contributed by atoms with Gasteiger partial charge in [0.1, 0.15) is 4.60 Å². The Kier molecular flexibility index (Phi) is 2.48. The van der Waals surface area contributed by atoms with E-state index in [9.17, 15) is 4.79 Å². The Hall–Kier alpha value is -1.00. The van der Waals surface area contributed by atoms with Crippen LogP contribution in [0.1, 0.15) is 0 Å². The highest BCUT2D eigenvalue weighted by molar-refractivity contribution is 9.10. The van der Waals surface area contributed by atoms with Crippen molar-refractivity contribution in [2.45, 2.75) is 0 Å². The lowest BCUT2D eigenvalue weighted by molar-refractivity contribution is 0.987. The zero-order valence-corrected chi connectivity index (χ0v) is 9.34. The van der Waals surface area contributed by atoms with Gasteiger partial charge in [0, 0.05) is 6.20 Å². The van der Waals surface area contributed by atoms with Crippen molar-refractivity contribution >= 4 is 27.5 Å². The van der Waals surface area contributed by atoms with Gasteiger partial charge in [-0.2, -0.15) is 0 Å². The highest BCUT2D eigenvalue weighted by Gasteiger charge is 2.05. The molecule has 0 saturated heterocycles. The number of nitrogens with one attached hydrogen (secondary N) is 1. The van der Waals surface area contributed by atoms with Gasteiger partial charge in [0.25, 0.3) is 0 Å². The Balaban J connectivity index is 2.66. The summed E-state index contributed by atoms with van der Waals surface area (Å²) in [6, 6.07) is 7.17. The predicted molar refractivity (Wildman–Crippen MR) is 59.1 cm³/mol. The Bertz CT molecular complexity index is 518. The molecular formula is C9H6BrClN2O. The van der Waals surface area contributed by atoms with Crippen LogP contribution in [0.3, 0.4) is 0 Å². The Labute approximate surface area is 93.5 Å². The van der Waals surface area contributed by atoms with Gasteiger partial charge in [0.15, 0.2) is 0 Å². The topological polar surface area (TPSA) is 37.8 Å². The molecule has 0 bridgehead atoms. The third-order valence-corrected chi connectivity index (χ3v) is 2.52. The van der Waals surface area contributed by atoms with E-state index in [1.54, 1.807) is 18.3 Å². The fourth-order valence-corrected chi connectivity index (χ4v) is 1.79. The fraction of sp³-hybridized carbons (Fsp3) is 0. The highest BCUT2D eigenvalue weighted by Crippen LogP contribution is 2.18. The zero-order valence-electron chi connectivity index (χ0n) is 7.00. The summed E-state index contributed by atoms with van der Waals surface area (Å²) in [5, 5.41) is 0.543. The van der Waals surface area contributed by atoms with Crippen molar-refractivity contribution in [1.29, 1.82) is 0 Å². The summed E-state index contributed by atoms with van der Waals surface area (Å²) in [7, 11) is 0. The average molecular weight is 274 g/mol. The van der Waals surface area contributed by atoms with Crippen molar-refractivity contribution in [3.05, 3.63) is 50.6 Å². The molecule has 5 heteroatoms. The summed E-state index contributed by atoms with van der Waals surface area (Å²) in [6.07, 6.45) is 1.64. The molecule has 2 rings (SSSR count). The van der Waals surface area contributed by atoms with Crippen LogP contribution in [-0.4, -0.2) is 9.55 Å². The van der Waals surface area contributed by atoms with Gasteiger partial charge in [0.05, 0.1) is 10.7 Å². The molecule has 1 heterocycles. The number of benzene rings is 1. The van der Waals surface area contributed by atoms with Crippen LogP contribution in [0.2, 0.25) is 5.02 Å². The lowest BCUT2D eigenvalue weighted by Crippen LogP contribution is -2.14. The average Bonchev–Trinajstić information content (AvgIpc) is 2.46. The SMILES string of the molecule is O=c1[nH]c(Br)cn1-c1ccccc1Cl. The number of hydrogen-bond donors (Lipinski definition) is 1. The fourth-order valence-electron chi connectivity index (χ4n) is 1.19. The molecule has 0 spiro atoms. The van der Waals surface area contributed by atoms with E-state index >= 15 is 0 Å². The number of aromatic amines is 1. The van der Waals surface area contributed by atoms with Gasteiger partial charge in [0.2, 0.25) is 0 Å². The van der Waals surface area contributed by atoms with Gasteiger partial charge in [-0.15, -0.1) is 0 Å². The summed E-state index contributed by atoms with van der Waals surface area (Å²) < 4.78 is 2.08. The summed E-state index contributed by atoms with van der Waals surface area (Å²) >= 11 is 9.14. The van der Waals surface area contributed by atoms with Crippen molar-refractivity contribution in [3.63, 3.8) is 0 Å². The largest absolute Gasteiger partial charge is 0.331 e. The lowest BCUT2D eigenvalue weighted by atomic mass is 10.3. The van der Waals surface area contributed by atoms with Crippen molar-refractivity contribution in [3.8, 4) is 5.69 Å². The summed E-state index contributed by atoms with van der Waals surface area (Å²) in [4.78, 5) is 14.0. The minimum atomic E-state index is -0.218. The maximum absolute atomic E-state index is 11.4.